The highest BCUT2D eigenvalue weighted by atomic mass is 32.1. The average Bonchev–Trinajstić information content (AvgIpc) is 3.36. The standard InChI is InChI=1S/C19H23N3O3S/c1-13(18-20-21-19(25-18)17-6-5-11-26-17)22(2)10-9-14-7-8-15(23-3)16(12-14)24-4/h5-8,11-13H,9-10H2,1-4H3/p+1/t13-/m1/s1. The minimum Gasteiger partial charge on any atom is -0.493 e. The molecule has 3 rings (SSSR count). The van der Waals surface area contributed by atoms with Crippen molar-refractivity contribution in [2.75, 3.05) is 27.8 Å². The van der Waals surface area contributed by atoms with Gasteiger partial charge < -0.3 is 18.8 Å². The molecule has 3 aromatic rings. The van der Waals surface area contributed by atoms with Crippen LogP contribution in [0.3, 0.4) is 0 Å². The minimum absolute atomic E-state index is 0.122. The van der Waals surface area contributed by atoms with Gasteiger partial charge in [-0.1, -0.05) is 12.1 Å². The fourth-order valence-electron chi connectivity index (χ4n) is 2.71. The molecule has 0 amide bonds. The zero-order valence-electron chi connectivity index (χ0n) is 15.5. The molecule has 0 saturated carbocycles. The number of quaternary nitrogens is 1. The molecule has 0 aliphatic rings. The predicted octanol–water partition coefficient (Wildman–Crippen LogP) is 2.63. The first-order chi connectivity index (χ1) is 12.6. The topological polar surface area (TPSA) is 61.8 Å². The number of aromatic nitrogens is 2. The minimum atomic E-state index is 0.122. The molecule has 2 atom stereocenters. The summed E-state index contributed by atoms with van der Waals surface area (Å²) in [5.41, 5.74) is 1.21. The highest BCUT2D eigenvalue weighted by Gasteiger charge is 2.22. The number of hydrogen-bond acceptors (Lipinski definition) is 6. The first kappa shape index (κ1) is 18.4. The smallest absolute Gasteiger partial charge is 0.274 e. The van der Waals surface area contributed by atoms with Crippen LogP contribution in [0.5, 0.6) is 11.5 Å². The lowest BCUT2D eigenvalue weighted by molar-refractivity contribution is -0.911. The van der Waals surface area contributed by atoms with Crippen LogP contribution >= 0.6 is 11.3 Å². The third-order valence-electron chi connectivity index (χ3n) is 4.54. The number of nitrogens with one attached hydrogen (secondary N) is 1. The molecule has 2 heterocycles. The van der Waals surface area contributed by atoms with Gasteiger partial charge in [-0.2, -0.15) is 0 Å². The van der Waals surface area contributed by atoms with Crippen molar-refractivity contribution >= 4 is 11.3 Å². The molecule has 0 radical (unpaired) electrons. The summed E-state index contributed by atoms with van der Waals surface area (Å²) in [4.78, 5) is 2.31. The van der Waals surface area contributed by atoms with Crippen LogP contribution in [0.2, 0.25) is 0 Å². The van der Waals surface area contributed by atoms with Gasteiger partial charge in [0.15, 0.2) is 17.5 Å². The third-order valence-corrected chi connectivity index (χ3v) is 5.40. The first-order valence-electron chi connectivity index (χ1n) is 8.53. The number of methoxy groups -OCH3 is 2. The Morgan fingerprint density at radius 3 is 2.65 bits per heavy atom. The van der Waals surface area contributed by atoms with Gasteiger partial charge in [0, 0.05) is 6.42 Å². The quantitative estimate of drug-likeness (QED) is 0.657. The lowest BCUT2D eigenvalue weighted by Gasteiger charge is -2.19. The Morgan fingerprint density at radius 1 is 1.15 bits per heavy atom. The van der Waals surface area contributed by atoms with Crippen molar-refractivity contribution in [3.63, 3.8) is 0 Å². The fourth-order valence-corrected chi connectivity index (χ4v) is 3.36. The molecular weight excluding hydrogens is 350 g/mol. The molecule has 0 bridgehead atoms. The summed E-state index contributed by atoms with van der Waals surface area (Å²) in [6.07, 6.45) is 0.919. The Hall–Kier alpha value is -2.38. The summed E-state index contributed by atoms with van der Waals surface area (Å²) < 4.78 is 16.5. The zero-order valence-corrected chi connectivity index (χ0v) is 16.3. The van der Waals surface area contributed by atoms with Crippen LogP contribution in [-0.4, -0.2) is 38.0 Å². The van der Waals surface area contributed by atoms with E-state index in [1.54, 1.807) is 25.6 Å². The average molecular weight is 374 g/mol. The maximum atomic E-state index is 5.86. The van der Waals surface area contributed by atoms with Crippen LogP contribution in [-0.2, 0) is 6.42 Å². The zero-order chi connectivity index (χ0) is 18.5. The van der Waals surface area contributed by atoms with E-state index in [-0.39, 0.29) is 6.04 Å². The van der Waals surface area contributed by atoms with Gasteiger partial charge >= 0.3 is 0 Å². The van der Waals surface area contributed by atoms with Gasteiger partial charge in [-0.05, 0) is 36.1 Å². The predicted molar refractivity (Wildman–Crippen MR) is 101 cm³/mol. The second-order valence-corrected chi connectivity index (χ2v) is 7.13. The largest absolute Gasteiger partial charge is 0.493 e. The van der Waals surface area contributed by atoms with Gasteiger partial charge in [-0.3, -0.25) is 0 Å². The summed E-state index contributed by atoms with van der Waals surface area (Å²) in [5, 5.41) is 10.4. The number of likely N-dealkylation sites (N-methyl/N-ethyl adjacent to an activating group) is 1. The van der Waals surface area contributed by atoms with Crippen molar-refractivity contribution in [2.45, 2.75) is 19.4 Å². The number of ether oxygens (including phenoxy) is 2. The lowest BCUT2D eigenvalue weighted by Crippen LogP contribution is -3.09. The van der Waals surface area contributed by atoms with Crippen molar-refractivity contribution < 1.29 is 18.8 Å². The monoisotopic (exact) mass is 374 g/mol. The van der Waals surface area contributed by atoms with Gasteiger partial charge in [0.1, 0.15) is 0 Å². The summed E-state index contributed by atoms with van der Waals surface area (Å²) in [7, 11) is 5.44. The Balaban J connectivity index is 1.62. The highest BCUT2D eigenvalue weighted by molar-refractivity contribution is 7.13. The molecular formula is C19H24N3O3S+. The Morgan fingerprint density at radius 2 is 1.96 bits per heavy atom. The summed E-state index contributed by atoms with van der Waals surface area (Å²) in [6, 6.07) is 10.1. The number of rotatable bonds is 8. The molecule has 138 valence electrons. The summed E-state index contributed by atoms with van der Waals surface area (Å²) >= 11 is 1.60. The molecule has 1 N–H and O–H groups in total. The number of hydrogen-bond donors (Lipinski definition) is 1. The van der Waals surface area contributed by atoms with Crippen LogP contribution in [0.4, 0.5) is 0 Å². The molecule has 0 fully saturated rings. The lowest BCUT2D eigenvalue weighted by atomic mass is 10.1. The SMILES string of the molecule is COc1ccc(CC[NH+](C)[C@H](C)c2nnc(-c3cccs3)o2)cc1OC. The summed E-state index contributed by atoms with van der Waals surface area (Å²) in [6.45, 7) is 3.04. The van der Waals surface area contributed by atoms with Crippen LogP contribution < -0.4 is 14.4 Å². The molecule has 26 heavy (non-hydrogen) atoms. The van der Waals surface area contributed by atoms with E-state index in [2.05, 4.69) is 30.2 Å². The molecule has 1 aromatic carbocycles. The molecule has 0 aliphatic carbocycles. The highest BCUT2D eigenvalue weighted by Crippen LogP contribution is 2.27. The van der Waals surface area contributed by atoms with Crippen molar-refractivity contribution in [3.8, 4) is 22.3 Å². The Bertz CT molecular complexity index is 832. The van der Waals surface area contributed by atoms with E-state index in [4.69, 9.17) is 13.9 Å². The number of thiophene rings is 1. The van der Waals surface area contributed by atoms with Crippen molar-refractivity contribution in [1.82, 2.24) is 10.2 Å². The Labute approximate surface area is 157 Å². The van der Waals surface area contributed by atoms with Gasteiger partial charge in [0.2, 0.25) is 0 Å². The van der Waals surface area contributed by atoms with Gasteiger partial charge in [0.05, 0.1) is 32.7 Å². The fraction of sp³-hybridized carbons (Fsp3) is 0.368. The van der Waals surface area contributed by atoms with E-state index >= 15 is 0 Å². The van der Waals surface area contributed by atoms with E-state index in [1.807, 2.05) is 29.6 Å². The molecule has 1 unspecified atom stereocenters. The van der Waals surface area contributed by atoms with E-state index in [0.29, 0.717) is 11.8 Å². The maximum Gasteiger partial charge on any atom is 0.274 e. The van der Waals surface area contributed by atoms with Crippen molar-refractivity contribution in [1.29, 1.82) is 0 Å². The molecule has 7 heteroatoms. The maximum absolute atomic E-state index is 5.86. The molecule has 6 nitrogen and oxygen atoms in total. The van der Waals surface area contributed by atoms with Crippen LogP contribution in [0, 0.1) is 0 Å². The second-order valence-electron chi connectivity index (χ2n) is 6.18. The number of benzene rings is 1. The van der Waals surface area contributed by atoms with E-state index in [0.717, 1.165) is 29.3 Å². The van der Waals surface area contributed by atoms with Gasteiger partial charge in [-0.25, -0.2) is 0 Å². The van der Waals surface area contributed by atoms with Crippen LogP contribution in [0.25, 0.3) is 10.8 Å². The third kappa shape index (κ3) is 4.05. The van der Waals surface area contributed by atoms with Crippen LogP contribution in [0.15, 0.2) is 40.1 Å². The van der Waals surface area contributed by atoms with E-state index in [1.165, 1.54) is 10.5 Å². The first-order valence-corrected chi connectivity index (χ1v) is 9.40. The normalized spacial score (nSPS) is 13.4. The van der Waals surface area contributed by atoms with Gasteiger partial charge in [0.25, 0.3) is 11.8 Å². The van der Waals surface area contributed by atoms with E-state index in [9.17, 15) is 0 Å². The summed E-state index contributed by atoms with van der Waals surface area (Å²) in [5.74, 6) is 2.76. The Kier molecular flexibility index (Phi) is 5.90. The molecule has 0 spiro atoms. The van der Waals surface area contributed by atoms with E-state index < -0.39 is 0 Å². The van der Waals surface area contributed by atoms with Crippen LogP contribution in [0.1, 0.15) is 24.4 Å². The van der Waals surface area contributed by atoms with Gasteiger partial charge in [-0.15, -0.1) is 21.5 Å². The van der Waals surface area contributed by atoms with Crippen molar-refractivity contribution in [3.05, 3.63) is 47.2 Å². The molecule has 0 saturated heterocycles. The molecule has 0 aliphatic heterocycles. The second kappa shape index (κ2) is 8.33. The van der Waals surface area contributed by atoms with Crippen molar-refractivity contribution in [2.24, 2.45) is 0 Å². The number of nitrogens with zero attached hydrogens (tertiary/aromatic N) is 2. The molecule has 2 aromatic heterocycles.